The predicted molar refractivity (Wildman–Crippen MR) is 220 cm³/mol. The maximum absolute atomic E-state index is 12.3. The van der Waals surface area contributed by atoms with Crippen LogP contribution in [0.4, 0.5) is 0 Å². The number of nitrogens with zero attached hydrogens (tertiary/aromatic N) is 1. The Morgan fingerprint density at radius 3 is 1.63 bits per heavy atom. The highest BCUT2D eigenvalue weighted by Gasteiger charge is 2.54. The Morgan fingerprint density at radius 1 is 0.500 bits per heavy atom. The topological polar surface area (TPSA) is 60.8 Å². The van der Waals surface area contributed by atoms with Gasteiger partial charge in [0.05, 0.1) is 11.3 Å². The van der Waals surface area contributed by atoms with Crippen molar-refractivity contribution < 1.29 is 14.4 Å². The molecule has 4 nitrogen and oxygen atoms in total. The lowest BCUT2D eigenvalue weighted by atomic mass is 9.65. The van der Waals surface area contributed by atoms with Gasteiger partial charge in [0.25, 0.3) is 0 Å². The van der Waals surface area contributed by atoms with Crippen LogP contribution in [0.3, 0.4) is 0 Å². The van der Waals surface area contributed by atoms with Crippen molar-refractivity contribution in [1.82, 2.24) is 4.90 Å². The van der Waals surface area contributed by atoms with Crippen molar-refractivity contribution in [2.75, 3.05) is 7.05 Å². The normalized spacial score (nSPS) is 24.6. The molecular formula is C49H24NO3P. The third-order valence-corrected chi connectivity index (χ3v) is 17.4. The summed E-state index contributed by atoms with van der Waals surface area (Å²) in [6.45, 7) is 0.824. The largest absolute Gasteiger partial charge is 0.356 e. The van der Waals surface area contributed by atoms with E-state index in [4.69, 9.17) is 0 Å². The quantitative estimate of drug-likeness (QED) is 0.107. The van der Waals surface area contributed by atoms with Gasteiger partial charge in [0.1, 0.15) is 0 Å². The summed E-state index contributed by atoms with van der Waals surface area (Å²) in [5.41, 5.74) is 10.3. The van der Waals surface area contributed by atoms with Crippen molar-refractivity contribution in [3.63, 3.8) is 0 Å². The summed E-state index contributed by atoms with van der Waals surface area (Å²) in [5.74, 6) is 1.77. The Balaban J connectivity index is 1.20. The summed E-state index contributed by atoms with van der Waals surface area (Å²) in [4.78, 5) is 22.5. The molecule has 0 fully saturated rings. The fourth-order valence-electron chi connectivity index (χ4n) is 15.3. The van der Waals surface area contributed by atoms with Gasteiger partial charge >= 0.3 is 7.60 Å². The van der Waals surface area contributed by atoms with Gasteiger partial charge in [-0.2, -0.15) is 0 Å². The Morgan fingerprint density at radius 2 is 0.963 bits per heavy atom. The number of allylic oxidation sites excluding steroid dienone is 2. The first kappa shape index (κ1) is 25.6. The fraction of sp³-hybridized carbons (Fsp3) is 0.143. The number of rotatable bonds is 2. The zero-order valence-electron chi connectivity index (χ0n) is 28.7. The van der Waals surface area contributed by atoms with Crippen LogP contribution in [0.25, 0.3) is 118 Å². The molecule has 1 aliphatic heterocycles. The molecule has 4 aliphatic carbocycles. The van der Waals surface area contributed by atoms with E-state index < -0.39 is 7.60 Å². The monoisotopic (exact) mass is 705 g/mol. The third kappa shape index (κ3) is 2.03. The lowest BCUT2D eigenvalue weighted by Gasteiger charge is -2.37. The number of benzene rings is 9. The predicted octanol–water partition coefficient (Wildman–Crippen LogP) is 11.2. The zero-order chi connectivity index (χ0) is 34.5. The molecule has 0 saturated carbocycles. The number of fused-ring (bicyclic) bond motifs is 8. The maximum Gasteiger partial charge on any atom is 0.356 e. The van der Waals surface area contributed by atoms with Gasteiger partial charge in [-0.25, -0.2) is 0 Å². The standard InChI is InChI=1S/C49H24NO3P/c1-50-14-25-26-23-12-10-21-19-8-6-17-18-7-9-20-22-11-13-24-34-32(22)40-30(20)28(18)38-27(17)29(19)39-31(21)33(23)41-37(26)43(42(34)48-46(40)44(38)45(39)47(41)48)35(24)36(25)49(50)15-2-4-16(5-3-15)54(51,52)53/h2-13,18,20,28,30,49H,14H2,1H3,(H2,51,52,53). The highest BCUT2D eigenvalue weighted by Crippen LogP contribution is 2.75. The van der Waals surface area contributed by atoms with Crippen LogP contribution in [0.5, 0.6) is 0 Å². The first-order valence-electron chi connectivity index (χ1n) is 19.5. The molecule has 0 spiro atoms. The first-order valence-corrected chi connectivity index (χ1v) is 21.1. The second-order valence-corrected chi connectivity index (χ2v) is 19.6. The average molecular weight is 706 g/mol. The average Bonchev–Trinajstić information content (AvgIpc) is 4.02. The summed E-state index contributed by atoms with van der Waals surface area (Å²) in [6.07, 6.45) is 5.21. The SMILES string of the molecule is CN1Cc2c(c3c4ccc5c6c7c8c9c%10c%11c(ccc%12c%13ccc%14c2c2c3c(c64)c8c3c9c(c%11%12)c%13c%14c23)C2C=CC5C7C%102)C1c1ccc(P(=O)(O)O)cc1. The van der Waals surface area contributed by atoms with E-state index in [-0.39, 0.29) is 11.3 Å². The van der Waals surface area contributed by atoms with E-state index in [1.54, 1.807) is 66.5 Å². The first-order chi connectivity index (χ1) is 26.4. The summed E-state index contributed by atoms with van der Waals surface area (Å²) < 4.78 is 12.3. The van der Waals surface area contributed by atoms with Crippen LogP contribution >= 0.6 is 7.60 Å². The van der Waals surface area contributed by atoms with E-state index in [0.29, 0.717) is 23.7 Å². The molecule has 18 rings (SSSR count). The fourth-order valence-corrected chi connectivity index (χ4v) is 15.8. The van der Waals surface area contributed by atoms with Crippen LogP contribution in [0.15, 0.2) is 72.8 Å². The Bertz CT molecular complexity index is 4080. The van der Waals surface area contributed by atoms with E-state index in [9.17, 15) is 14.4 Å². The van der Waals surface area contributed by atoms with Gasteiger partial charge in [-0.3, -0.25) is 9.46 Å². The van der Waals surface area contributed by atoms with E-state index in [1.807, 2.05) is 12.1 Å². The van der Waals surface area contributed by atoms with Crippen LogP contribution in [-0.4, -0.2) is 21.7 Å². The summed E-state index contributed by atoms with van der Waals surface area (Å²) >= 11 is 0. The number of hydrogen-bond donors (Lipinski definition) is 2. The van der Waals surface area contributed by atoms with Gasteiger partial charge in [-0.1, -0.05) is 60.7 Å². The Labute approximate surface area is 304 Å². The third-order valence-electron chi connectivity index (χ3n) is 16.5. The van der Waals surface area contributed by atoms with Gasteiger partial charge in [0, 0.05) is 30.2 Å². The summed E-state index contributed by atoms with van der Waals surface area (Å²) in [7, 11) is -2.12. The molecular weight excluding hydrogens is 682 g/mol. The van der Waals surface area contributed by atoms with Crippen LogP contribution in [-0.2, 0) is 11.1 Å². The second kappa shape index (κ2) is 7.01. The molecule has 54 heavy (non-hydrogen) atoms. The van der Waals surface area contributed by atoms with Crippen molar-refractivity contribution >= 4 is 131 Å². The molecule has 5 unspecified atom stereocenters. The molecule has 0 saturated heterocycles. The minimum Gasteiger partial charge on any atom is -0.321 e. The van der Waals surface area contributed by atoms with Crippen LogP contribution in [0.2, 0.25) is 0 Å². The van der Waals surface area contributed by atoms with Gasteiger partial charge < -0.3 is 9.79 Å². The van der Waals surface area contributed by atoms with Gasteiger partial charge in [-0.15, -0.1) is 0 Å². The molecule has 248 valence electrons. The molecule has 13 aromatic carbocycles. The smallest absolute Gasteiger partial charge is 0.321 e. The molecule has 13 aromatic rings. The molecule has 0 radical (unpaired) electrons. The van der Waals surface area contributed by atoms with Gasteiger partial charge in [-0.05, 0) is 177 Å². The second-order valence-electron chi connectivity index (χ2n) is 18.0. The molecule has 5 aliphatic rings. The van der Waals surface area contributed by atoms with Crippen molar-refractivity contribution in [1.29, 1.82) is 0 Å². The Kier molecular flexibility index (Phi) is 3.33. The molecule has 5 atom stereocenters. The maximum atomic E-state index is 12.3. The van der Waals surface area contributed by atoms with Crippen molar-refractivity contribution in [2.24, 2.45) is 0 Å². The zero-order valence-corrected chi connectivity index (χ0v) is 29.6. The lowest BCUT2D eigenvalue weighted by Crippen LogP contribution is -2.22. The van der Waals surface area contributed by atoms with Crippen LogP contribution < -0.4 is 5.30 Å². The Hall–Kier alpha value is -5.35. The van der Waals surface area contributed by atoms with E-state index in [1.165, 1.54) is 97.5 Å². The minimum absolute atomic E-state index is 0.0335. The lowest BCUT2D eigenvalue weighted by molar-refractivity contribution is 0.305. The molecule has 2 N–H and O–H groups in total. The summed E-state index contributed by atoms with van der Waals surface area (Å²) in [5, 5.41) is 33.1. The molecule has 0 bridgehead atoms. The summed E-state index contributed by atoms with van der Waals surface area (Å²) in [6, 6.07) is 22.1. The number of hydrogen-bond acceptors (Lipinski definition) is 2. The molecule has 0 aromatic heterocycles. The van der Waals surface area contributed by atoms with Crippen LogP contribution in [0.1, 0.15) is 68.7 Å². The van der Waals surface area contributed by atoms with Crippen LogP contribution in [0, 0.1) is 0 Å². The van der Waals surface area contributed by atoms with Gasteiger partial charge in [0.2, 0.25) is 0 Å². The molecule has 1 heterocycles. The highest BCUT2D eigenvalue weighted by atomic mass is 31.2. The van der Waals surface area contributed by atoms with E-state index >= 15 is 0 Å². The van der Waals surface area contributed by atoms with Crippen molar-refractivity contribution in [2.45, 2.75) is 36.3 Å². The van der Waals surface area contributed by atoms with E-state index in [2.05, 4.69) is 60.5 Å². The van der Waals surface area contributed by atoms with Gasteiger partial charge in [0.15, 0.2) is 0 Å². The van der Waals surface area contributed by atoms with Crippen molar-refractivity contribution in [3.8, 4) is 0 Å². The minimum atomic E-state index is -4.36. The van der Waals surface area contributed by atoms with Crippen molar-refractivity contribution in [3.05, 3.63) is 112 Å². The molecule has 5 heteroatoms. The van der Waals surface area contributed by atoms with E-state index in [0.717, 1.165) is 12.1 Å². The molecule has 0 amide bonds. The highest BCUT2D eigenvalue weighted by molar-refractivity contribution is 7.60.